The molecule has 19 heavy (non-hydrogen) atoms. The van der Waals surface area contributed by atoms with Gasteiger partial charge in [-0.1, -0.05) is 0 Å². The van der Waals surface area contributed by atoms with Crippen LogP contribution in [0.2, 0.25) is 0 Å². The summed E-state index contributed by atoms with van der Waals surface area (Å²) in [6.45, 7) is 3.57. The molecule has 0 saturated carbocycles. The van der Waals surface area contributed by atoms with E-state index in [9.17, 15) is 14.4 Å². The lowest BCUT2D eigenvalue weighted by Crippen LogP contribution is -2.70. The molecule has 104 valence electrons. The predicted molar refractivity (Wildman–Crippen MR) is 67.4 cm³/mol. The van der Waals surface area contributed by atoms with Crippen LogP contribution in [0.5, 0.6) is 0 Å². The Bertz CT molecular complexity index is 476. The first kappa shape index (κ1) is 13.7. The molecule has 7 nitrogen and oxygen atoms in total. The highest BCUT2D eigenvalue weighted by Gasteiger charge is 2.53. The molecule has 1 saturated heterocycles. The van der Waals surface area contributed by atoms with Gasteiger partial charge in [0.1, 0.15) is 17.1 Å². The maximum Gasteiger partial charge on any atom is 0.407 e. The minimum Gasteiger partial charge on any atom is -0.477 e. The van der Waals surface area contributed by atoms with Crippen molar-refractivity contribution in [2.75, 3.05) is 12.4 Å². The average Bonchev–Trinajstić information content (AvgIpc) is 2.35. The number of fused-ring (bicyclic) bond motifs is 1. The molecule has 0 spiro atoms. The molecule has 2 aliphatic rings. The molecule has 0 aromatic heterocycles. The maximum absolute atomic E-state index is 11.9. The molecule has 2 rings (SSSR count). The van der Waals surface area contributed by atoms with E-state index < -0.39 is 24.0 Å². The Morgan fingerprint density at radius 3 is 2.84 bits per heavy atom. The SMILES string of the molecule is CCOC(=O)N[C@@H]1C(=O)N2C(C(=O)O)=C(C)CS[C@H]12. The van der Waals surface area contributed by atoms with E-state index in [0.29, 0.717) is 11.3 Å². The van der Waals surface area contributed by atoms with Crippen molar-refractivity contribution < 1.29 is 24.2 Å². The number of alkyl carbamates (subject to hydrolysis) is 1. The summed E-state index contributed by atoms with van der Waals surface area (Å²) >= 11 is 1.43. The van der Waals surface area contributed by atoms with Crippen LogP contribution in [-0.4, -0.2) is 51.8 Å². The minimum absolute atomic E-state index is 0.0238. The molecule has 2 N–H and O–H groups in total. The van der Waals surface area contributed by atoms with Crippen molar-refractivity contribution in [3.05, 3.63) is 11.3 Å². The summed E-state index contributed by atoms with van der Waals surface area (Å²) in [4.78, 5) is 35.6. The van der Waals surface area contributed by atoms with Crippen molar-refractivity contribution in [3.8, 4) is 0 Å². The predicted octanol–water partition coefficient (Wildman–Crippen LogP) is 0.375. The summed E-state index contributed by atoms with van der Waals surface area (Å²) in [5, 5.41) is 11.2. The van der Waals surface area contributed by atoms with Gasteiger partial charge in [-0.05, 0) is 19.4 Å². The van der Waals surface area contributed by atoms with E-state index in [1.54, 1.807) is 13.8 Å². The van der Waals surface area contributed by atoms with E-state index in [-0.39, 0.29) is 17.7 Å². The Kier molecular flexibility index (Phi) is 3.70. The van der Waals surface area contributed by atoms with Gasteiger partial charge in [0.05, 0.1) is 6.61 Å². The fourth-order valence-corrected chi connectivity index (χ4v) is 3.37. The second-order valence-corrected chi connectivity index (χ2v) is 5.29. The number of carbonyl (C=O) groups is 3. The highest BCUT2D eigenvalue weighted by molar-refractivity contribution is 8.00. The van der Waals surface area contributed by atoms with Crippen LogP contribution in [0.4, 0.5) is 4.79 Å². The molecule has 0 aromatic rings. The fraction of sp³-hybridized carbons (Fsp3) is 0.545. The zero-order chi connectivity index (χ0) is 14.2. The summed E-state index contributed by atoms with van der Waals surface area (Å²) in [5.74, 6) is -1.01. The monoisotopic (exact) mass is 286 g/mol. The Labute approximate surface area is 114 Å². The van der Waals surface area contributed by atoms with Gasteiger partial charge in [-0.15, -0.1) is 11.8 Å². The summed E-state index contributed by atoms with van der Waals surface area (Å²) in [7, 11) is 0. The van der Waals surface area contributed by atoms with Crippen LogP contribution in [0.1, 0.15) is 13.8 Å². The molecule has 2 atom stereocenters. The van der Waals surface area contributed by atoms with Crippen LogP contribution in [0.15, 0.2) is 11.3 Å². The average molecular weight is 286 g/mol. The van der Waals surface area contributed by atoms with Crippen LogP contribution in [0.3, 0.4) is 0 Å². The van der Waals surface area contributed by atoms with Crippen molar-refractivity contribution >= 4 is 29.7 Å². The number of β-lactam (4-membered cyclic amide) rings is 1. The van der Waals surface area contributed by atoms with Crippen molar-refractivity contribution in [3.63, 3.8) is 0 Å². The largest absolute Gasteiger partial charge is 0.477 e. The molecular formula is C11H14N2O5S. The number of carboxylic acid groups (broad SMARTS) is 1. The van der Waals surface area contributed by atoms with Crippen molar-refractivity contribution in [1.29, 1.82) is 0 Å². The standard InChI is InChI=1S/C11H14N2O5S/c1-3-18-11(17)12-6-8(14)13-7(10(15)16)5(2)4-19-9(6)13/h6,9H,3-4H2,1-2H3,(H,12,17)(H,15,16)/t6-,9-/m1/s1. The Morgan fingerprint density at radius 1 is 1.58 bits per heavy atom. The number of hydrogen-bond acceptors (Lipinski definition) is 5. The number of carboxylic acids is 1. The van der Waals surface area contributed by atoms with Crippen LogP contribution in [0, 0.1) is 0 Å². The smallest absolute Gasteiger partial charge is 0.407 e. The third kappa shape index (κ3) is 2.27. The highest BCUT2D eigenvalue weighted by atomic mass is 32.2. The quantitative estimate of drug-likeness (QED) is 0.728. The van der Waals surface area contributed by atoms with E-state index in [2.05, 4.69) is 5.32 Å². The molecule has 2 amide bonds. The van der Waals surface area contributed by atoms with E-state index in [4.69, 9.17) is 9.84 Å². The number of hydrogen-bond donors (Lipinski definition) is 2. The molecular weight excluding hydrogens is 272 g/mol. The molecule has 0 radical (unpaired) electrons. The number of rotatable bonds is 3. The number of nitrogens with zero attached hydrogens (tertiary/aromatic N) is 1. The van der Waals surface area contributed by atoms with Crippen LogP contribution in [-0.2, 0) is 14.3 Å². The Morgan fingerprint density at radius 2 is 2.26 bits per heavy atom. The molecule has 0 unspecified atom stereocenters. The highest BCUT2D eigenvalue weighted by Crippen LogP contribution is 2.40. The molecule has 0 aromatic carbocycles. The van der Waals surface area contributed by atoms with Gasteiger partial charge in [-0.25, -0.2) is 9.59 Å². The number of ether oxygens (including phenoxy) is 1. The molecule has 1 fully saturated rings. The third-order valence-electron chi connectivity index (χ3n) is 2.91. The van der Waals surface area contributed by atoms with Gasteiger partial charge in [0.2, 0.25) is 0 Å². The fourth-order valence-electron chi connectivity index (χ4n) is 2.08. The number of thioether (sulfide) groups is 1. The van der Waals surface area contributed by atoms with Gasteiger partial charge in [0, 0.05) is 5.75 Å². The topological polar surface area (TPSA) is 95.9 Å². The summed E-state index contributed by atoms with van der Waals surface area (Å²) < 4.78 is 4.71. The van der Waals surface area contributed by atoms with Crippen molar-refractivity contribution in [2.24, 2.45) is 0 Å². The van der Waals surface area contributed by atoms with Gasteiger partial charge >= 0.3 is 12.1 Å². The van der Waals surface area contributed by atoms with E-state index in [1.807, 2.05) is 0 Å². The molecule has 0 bridgehead atoms. The third-order valence-corrected chi connectivity index (χ3v) is 4.33. The Hall–Kier alpha value is -1.70. The lowest BCUT2D eigenvalue weighted by atomic mass is 10.0. The molecule has 0 aliphatic carbocycles. The van der Waals surface area contributed by atoms with Crippen molar-refractivity contribution in [1.82, 2.24) is 10.2 Å². The first-order chi connectivity index (χ1) is 8.97. The van der Waals surface area contributed by atoms with Gasteiger partial charge in [-0.2, -0.15) is 0 Å². The zero-order valence-corrected chi connectivity index (χ0v) is 11.3. The van der Waals surface area contributed by atoms with E-state index >= 15 is 0 Å². The first-order valence-corrected chi connectivity index (χ1v) is 6.83. The van der Waals surface area contributed by atoms with Crippen LogP contribution >= 0.6 is 11.8 Å². The van der Waals surface area contributed by atoms with Gasteiger partial charge in [0.25, 0.3) is 5.91 Å². The van der Waals surface area contributed by atoms with Crippen LogP contribution < -0.4 is 5.32 Å². The summed E-state index contributed by atoms with van der Waals surface area (Å²) in [6.07, 6.45) is -0.663. The van der Waals surface area contributed by atoms with Gasteiger partial charge < -0.3 is 15.2 Å². The van der Waals surface area contributed by atoms with Gasteiger partial charge in [-0.3, -0.25) is 9.69 Å². The van der Waals surface area contributed by atoms with E-state index in [1.165, 1.54) is 16.7 Å². The first-order valence-electron chi connectivity index (χ1n) is 5.78. The Balaban J connectivity index is 2.11. The lowest BCUT2D eigenvalue weighted by molar-refractivity contribution is -0.149. The minimum atomic E-state index is -1.12. The van der Waals surface area contributed by atoms with E-state index in [0.717, 1.165) is 0 Å². The number of nitrogens with one attached hydrogen (secondary N) is 1. The van der Waals surface area contributed by atoms with Crippen LogP contribution in [0.25, 0.3) is 0 Å². The molecule has 2 aliphatic heterocycles. The molecule has 8 heteroatoms. The normalized spacial score (nSPS) is 25.6. The molecule has 2 heterocycles. The number of aliphatic carboxylic acids is 1. The van der Waals surface area contributed by atoms with Gasteiger partial charge in [0.15, 0.2) is 0 Å². The lowest BCUT2D eigenvalue weighted by Gasteiger charge is -2.49. The summed E-state index contributed by atoms with van der Waals surface area (Å²) in [6, 6.07) is -0.716. The second kappa shape index (κ2) is 5.12. The van der Waals surface area contributed by atoms with Crippen molar-refractivity contribution in [2.45, 2.75) is 25.3 Å². The zero-order valence-electron chi connectivity index (χ0n) is 10.5. The number of amides is 2. The summed E-state index contributed by atoms with van der Waals surface area (Å²) in [5.41, 5.74) is 0.673. The maximum atomic E-state index is 11.9. The number of carbonyl (C=O) groups excluding carboxylic acids is 2. The second-order valence-electron chi connectivity index (χ2n) is 4.19.